The van der Waals surface area contributed by atoms with Gasteiger partial charge in [-0.3, -0.25) is 0 Å². The first kappa shape index (κ1) is 15.6. The van der Waals surface area contributed by atoms with Gasteiger partial charge in [0.1, 0.15) is 5.75 Å². The van der Waals surface area contributed by atoms with Crippen LogP contribution in [0, 0.1) is 0 Å². The Morgan fingerprint density at radius 1 is 1.05 bits per heavy atom. The topological polar surface area (TPSA) is 32.3 Å². The van der Waals surface area contributed by atoms with Crippen LogP contribution in [0.15, 0.2) is 48.5 Å². The number of phenols is 1. The highest BCUT2D eigenvalue weighted by Crippen LogP contribution is 2.22. The van der Waals surface area contributed by atoms with Crippen molar-refractivity contribution in [1.82, 2.24) is 5.32 Å². The molecule has 0 amide bonds. The van der Waals surface area contributed by atoms with Gasteiger partial charge in [0.15, 0.2) is 0 Å². The van der Waals surface area contributed by atoms with E-state index in [-0.39, 0.29) is 11.5 Å². The van der Waals surface area contributed by atoms with E-state index in [0.717, 1.165) is 12.1 Å². The lowest BCUT2D eigenvalue weighted by molar-refractivity contribution is 0.472. The summed E-state index contributed by atoms with van der Waals surface area (Å²) in [5.41, 5.74) is 3.92. The first-order valence-electron chi connectivity index (χ1n) is 7.48. The van der Waals surface area contributed by atoms with Crippen molar-refractivity contribution in [2.24, 2.45) is 0 Å². The molecular weight excluding hydrogens is 258 g/mol. The minimum atomic E-state index is 0.195. The van der Waals surface area contributed by atoms with Crippen LogP contribution in [-0.2, 0) is 12.0 Å². The fourth-order valence-corrected chi connectivity index (χ4v) is 2.31. The predicted octanol–water partition coefficient (Wildman–Crippen LogP) is 4.54. The van der Waals surface area contributed by atoms with E-state index < -0.39 is 0 Å². The number of aromatic hydroxyl groups is 1. The first-order valence-corrected chi connectivity index (χ1v) is 7.48. The van der Waals surface area contributed by atoms with Crippen molar-refractivity contribution in [3.63, 3.8) is 0 Å². The molecule has 2 aromatic rings. The molecule has 2 N–H and O–H groups in total. The summed E-state index contributed by atoms with van der Waals surface area (Å²) >= 11 is 0. The highest BCUT2D eigenvalue weighted by Gasteiger charge is 2.13. The molecule has 0 aromatic heterocycles. The van der Waals surface area contributed by atoms with E-state index in [4.69, 9.17) is 0 Å². The lowest BCUT2D eigenvalue weighted by atomic mass is 9.87. The van der Waals surface area contributed by atoms with E-state index in [0.29, 0.717) is 5.75 Å². The molecule has 0 heterocycles. The van der Waals surface area contributed by atoms with E-state index in [1.807, 2.05) is 12.1 Å². The van der Waals surface area contributed by atoms with Gasteiger partial charge in [-0.15, -0.1) is 0 Å². The molecule has 2 rings (SSSR count). The second-order valence-electron chi connectivity index (χ2n) is 6.64. The maximum atomic E-state index is 9.53. The normalized spacial score (nSPS) is 13.1. The molecule has 21 heavy (non-hydrogen) atoms. The molecule has 2 heteroatoms. The lowest BCUT2D eigenvalue weighted by Crippen LogP contribution is -2.18. The van der Waals surface area contributed by atoms with Crippen LogP contribution in [0.5, 0.6) is 5.75 Å². The van der Waals surface area contributed by atoms with Gasteiger partial charge in [0.25, 0.3) is 0 Å². The Hall–Kier alpha value is -1.80. The molecule has 0 bridgehead atoms. The van der Waals surface area contributed by atoms with Crippen LogP contribution in [0.4, 0.5) is 0 Å². The molecule has 0 saturated carbocycles. The predicted molar refractivity (Wildman–Crippen MR) is 88.5 cm³/mol. The summed E-state index contributed by atoms with van der Waals surface area (Å²) in [7, 11) is 0. The average Bonchev–Trinajstić information content (AvgIpc) is 2.44. The van der Waals surface area contributed by atoms with Gasteiger partial charge in [0.2, 0.25) is 0 Å². The number of benzene rings is 2. The van der Waals surface area contributed by atoms with Gasteiger partial charge in [0, 0.05) is 12.6 Å². The standard InChI is InChI=1S/C19H25NO/c1-14(16-6-5-7-18(21)12-16)20-13-15-8-10-17(11-9-15)19(2,3)4/h5-12,14,20-21H,13H2,1-4H3. The molecule has 0 aliphatic rings. The Morgan fingerprint density at radius 3 is 2.29 bits per heavy atom. The summed E-state index contributed by atoms with van der Waals surface area (Å²) in [6.07, 6.45) is 0. The second kappa shape index (κ2) is 6.31. The molecule has 0 radical (unpaired) electrons. The van der Waals surface area contributed by atoms with E-state index in [1.54, 1.807) is 12.1 Å². The van der Waals surface area contributed by atoms with Crippen LogP contribution in [-0.4, -0.2) is 5.11 Å². The van der Waals surface area contributed by atoms with Crippen LogP contribution < -0.4 is 5.32 Å². The zero-order valence-corrected chi connectivity index (χ0v) is 13.4. The summed E-state index contributed by atoms with van der Waals surface area (Å²) in [6, 6.07) is 16.4. The number of hydrogen-bond acceptors (Lipinski definition) is 2. The maximum Gasteiger partial charge on any atom is 0.115 e. The Morgan fingerprint density at radius 2 is 1.71 bits per heavy atom. The van der Waals surface area contributed by atoms with Crippen molar-refractivity contribution in [2.45, 2.75) is 45.7 Å². The molecule has 0 aliphatic heterocycles. The zero-order chi connectivity index (χ0) is 15.5. The van der Waals surface area contributed by atoms with Crippen molar-refractivity contribution in [3.8, 4) is 5.75 Å². The Bertz CT molecular complexity index is 581. The smallest absolute Gasteiger partial charge is 0.115 e. The number of phenolic OH excluding ortho intramolecular Hbond substituents is 1. The third-order valence-electron chi connectivity index (χ3n) is 3.80. The first-order chi connectivity index (χ1) is 9.86. The van der Waals surface area contributed by atoms with Crippen molar-refractivity contribution in [1.29, 1.82) is 0 Å². The largest absolute Gasteiger partial charge is 0.508 e. The van der Waals surface area contributed by atoms with Gasteiger partial charge in [-0.25, -0.2) is 0 Å². The second-order valence-corrected chi connectivity index (χ2v) is 6.64. The number of rotatable bonds is 4. The fraction of sp³-hybridized carbons (Fsp3) is 0.368. The summed E-state index contributed by atoms with van der Waals surface area (Å²) in [5, 5.41) is 13.0. The van der Waals surface area contributed by atoms with Crippen LogP contribution in [0.3, 0.4) is 0 Å². The highest BCUT2D eigenvalue weighted by molar-refractivity contribution is 5.30. The SMILES string of the molecule is CC(NCc1ccc(C(C)(C)C)cc1)c1cccc(O)c1. The number of nitrogens with one attached hydrogen (secondary N) is 1. The van der Waals surface area contributed by atoms with Gasteiger partial charge in [-0.05, 0) is 41.2 Å². The summed E-state index contributed by atoms with van der Waals surface area (Å²) in [5.74, 6) is 0.315. The summed E-state index contributed by atoms with van der Waals surface area (Å²) < 4.78 is 0. The molecule has 2 nitrogen and oxygen atoms in total. The molecule has 0 spiro atoms. The Balaban J connectivity index is 1.97. The van der Waals surface area contributed by atoms with Crippen molar-refractivity contribution in [3.05, 3.63) is 65.2 Å². The third-order valence-corrected chi connectivity index (χ3v) is 3.80. The minimum Gasteiger partial charge on any atom is -0.508 e. The van der Waals surface area contributed by atoms with Crippen LogP contribution in [0.1, 0.15) is 50.4 Å². The monoisotopic (exact) mass is 283 g/mol. The van der Waals surface area contributed by atoms with E-state index in [9.17, 15) is 5.11 Å². The van der Waals surface area contributed by atoms with Crippen LogP contribution >= 0.6 is 0 Å². The number of hydrogen-bond donors (Lipinski definition) is 2. The Kier molecular flexibility index (Phi) is 4.69. The summed E-state index contributed by atoms with van der Waals surface area (Å²) in [4.78, 5) is 0. The average molecular weight is 283 g/mol. The quantitative estimate of drug-likeness (QED) is 0.863. The van der Waals surface area contributed by atoms with Gasteiger partial charge in [0.05, 0.1) is 0 Å². The van der Waals surface area contributed by atoms with Gasteiger partial charge < -0.3 is 10.4 Å². The van der Waals surface area contributed by atoms with E-state index in [2.05, 4.69) is 57.3 Å². The molecule has 1 unspecified atom stereocenters. The molecule has 1 atom stereocenters. The van der Waals surface area contributed by atoms with Crippen molar-refractivity contribution in [2.75, 3.05) is 0 Å². The maximum absolute atomic E-state index is 9.53. The molecule has 0 aliphatic carbocycles. The van der Waals surface area contributed by atoms with Crippen molar-refractivity contribution >= 4 is 0 Å². The van der Waals surface area contributed by atoms with Gasteiger partial charge in [-0.1, -0.05) is 57.2 Å². The van der Waals surface area contributed by atoms with E-state index in [1.165, 1.54) is 11.1 Å². The lowest BCUT2D eigenvalue weighted by Gasteiger charge is -2.19. The third kappa shape index (κ3) is 4.33. The van der Waals surface area contributed by atoms with Crippen molar-refractivity contribution < 1.29 is 5.11 Å². The van der Waals surface area contributed by atoms with Crippen LogP contribution in [0.25, 0.3) is 0 Å². The fourth-order valence-electron chi connectivity index (χ4n) is 2.31. The van der Waals surface area contributed by atoms with Gasteiger partial charge in [-0.2, -0.15) is 0 Å². The van der Waals surface area contributed by atoms with Gasteiger partial charge >= 0.3 is 0 Å². The van der Waals surface area contributed by atoms with E-state index >= 15 is 0 Å². The highest BCUT2D eigenvalue weighted by atomic mass is 16.3. The Labute approximate surface area is 127 Å². The molecule has 0 saturated heterocycles. The molecule has 2 aromatic carbocycles. The minimum absolute atomic E-state index is 0.195. The molecule has 112 valence electrons. The summed E-state index contributed by atoms with van der Waals surface area (Å²) in [6.45, 7) is 9.61. The molecular formula is C19H25NO. The molecule has 0 fully saturated rings. The van der Waals surface area contributed by atoms with Crippen LogP contribution in [0.2, 0.25) is 0 Å². The zero-order valence-electron chi connectivity index (χ0n) is 13.4.